The molecule has 0 spiro atoms. The van der Waals surface area contributed by atoms with Gasteiger partial charge in [0.05, 0.1) is 6.54 Å². The summed E-state index contributed by atoms with van der Waals surface area (Å²) in [7, 11) is 3.54. The highest BCUT2D eigenvalue weighted by Gasteiger charge is 1.95. The average molecular weight is 370 g/mol. The lowest BCUT2D eigenvalue weighted by Crippen LogP contribution is -2.37. The van der Waals surface area contributed by atoms with Gasteiger partial charge in [0.2, 0.25) is 0 Å². The predicted octanol–water partition coefficient (Wildman–Crippen LogP) is 2.13. The normalized spacial score (nSPS) is 10.4. The number of ether oxygens (including phenoxy) is 1. The Morgan fingerprint density at radius 1 is 1.35 bits per heavy atom. The summed E-state index contributed by atoms with van der Waals surface area (Å²) in [6.45, 7) is 1.26. The van der Waals surface area contributed by atoms with E-state index in [4.69, 9.17) is 16.3 Å². The summed E-state index contributed by atoms with van der Waals surface area (Å²) >= 11 is 5.76. The highest BCUT2D eigenvalue weighted by Crippen LogP contribution is 2.14. The lowest BCUT2D eigenvalue weighted by atomic mass is 10.3. The first-order valence-corrected chi connectivity index (χ1v) is 5.41. The van der Waals surface area contributed by atoms with E-state index in [1.54, 1.807) is 19.2 Å². The molecule has 0 fully saturated rings. The Morgan fingerprint density at radius 2 is 2.00 bits per heavy atom. The lowest BCUT2D eigenvalue weighted by Gasteiger charge is -2.09. The zero-order valence-corrected chi connectivity index (χ0v) is 13.0. The van der Waals surface area contributed by atoms with Crippen molar-refractivity contribution in [1.29, 1.82) is 0 Å². The van der Waals surface area contributed by atoms with Crippen LogP contribution in [0, 0.1) is 0 Å². The van der Waals surface area contributed by atoms with Crippen molar-refractivity contribution in [3.8, 4) is 5.75 Å². The van der Waals surface area contributed by atoms with Crippen LogP contribution in [0.1, 0.15) is 0 Å². The monoisotopic (exact) mass is 369 g/mol. The van der Waals surface area contributed by atoms with E-state index < -0.39 is 0 Å². The molecule has 1 rings (SSSR count). The fourth-order valence-corrected chi connectivity index (χ4v) is 1.27. The Kier molecular flexibility index (Phi) is 8.97. The predicted molar refractivity (Wildman–Crippen MR) is 82.8 cm³/mol. The van der Waals surface area contributed by atoms with E-state index in [0.717, 1.165) is 11.7 Å². The van der Waals surface area contributed by atoms with Crippen LogP contribution in [0.15, 0.2) is 29.3 Å². The van der Waals surface area contributed by atoms with Crippen LogP contribution in [-0.4, -0.2) is 33.2 Å². The van der Waals surface area contributed by atoms with Gasteiger partial charge in [0.15, 0.2) is 5.96 Å². The molecule has 0 atom stereocenters. The van der Waals surface area contributed by atoms with Crippen molar-refractivity contribution in [2.45, 2.75) is 0 Å². The SMILES string of the molecule is CN=C(NC)NCCOc1ccc(Cl)cc1.I. The van der Waals surface area contributed by atoms with E-state index in [2.05, 4.69) is 15.6 Å². The van der Waals surface area contributed by atoms with Crippen LogP contribution in [-0.2, 0) is 0 Å². The Bertz CT molecular complexity index is 343. The molecule has 0 aliphatic carbocycles. The molecule has 6 heteroatoms. The maximum absolute atomic E-state index is 5.76. The minimum atomic E-state index is 0. The van der Waals surface area contributed by atoms with Crippen LogP contribution in [0.3, 0.4) is 0 Å². The summed E-state index contributed by atoms with van der Waals surface area (Å²) in [5.74, 6) is 1.56. The molecule has 1 aromatic rings. The van der Waals surface area contributed by atoms with Gasteiger partial charge in [0, 0.05) is 19.1 Å². The van der Waals surface area contributed by atoms with E-state index in [1.807, 2.05) is 19.2 Å². The smallest absolute Gasteiger partial charge is 0.190 e. The summed E-state index contributed by atoms with van der Waals surface area (Å²) in [5.41, 5.74) is 0. The van der Waals surface area contributed by atoms with Crippen molar-refractivity contribution in [2.24, 2.45) is 4.99 Å². The topological polar surface area (TPSA) is 45.7 Å². The van der Waals surface area contributed by atoms with E-state index >= 15 is 0 Å². The van der Waals surface area contributed by atoms with E-state index in [0.29, 0.717) is 18.2 Å². The number of guanidine groups is 1. The minimum absolute atomic E-state index is 0. The summed E-state index contributed by atoms with van der Waals surface area (Å²) in [6.07, 6.45) is 0. The third-order valence-electron chi connectivity index (χ3n) is 1.94. The van der Waals surface area contributed by atoms with Crippen LogP contribution in [0.2, 0.25) is 5.02 Å². The molecule has 17 heavy (non-hydrogen) atoms. The highest BCUT2D eigenvalue weighted by molar-refractivity contribution is 14.0. The zero-order chi connectivity index (χ0) is 11.8. The van der Waals surface area contributed by atoms with Gasteiger partial charge in [-0.3, -0.25) is 4.99 Å². The van der Waals surface area contributed by atoms with Crippen molar-refractivity contribution < 1.29 is 4.74 Å². The molecule has 0 amide bonds. The van der Waals surface area contributed by atoms with Gasteiger partial charge < -0.3 is 15.4 Å². The van der Waals surface area contributed by atoms with Crippen molar-refractivity contribution >= 4 is 41.5 Å². The second-order valence-corrected chi connectivity index (χ2v) is 3.49. The summed E-state index contributed by atoms with van der Waals surface area (Å²) in [5, 5.41) is 6.72. The largest absolute Gasteiger partial charge is 0.492 e. The van der Waals surface area contributed by atoms with Crippen molar-refractivity contribution in [2.75, 3.05) is 27.2 Å². The fraction of sp³-hybridized carbons (Fsp3) is 0.364. The molecule has 0 saturated heterocycles. The van der Waals surface area contributed by atoms with Gasteiger partial charge in [-0.25, -0.2) is 0 Å². The third-order valence-corrected chi connectivity index (χ3v) is 2.19. The molecule has 0 radical (unpaired) electrons. The number of benzene rings is 1. The van der Waals surface area contributed by atoms with E-state index in [1.165, 1.54) is 0 Å². The van der Waals surface area contributed by atoms with Crippen molar-refractivity contribution in [1.82, 2.24) is 10.6 Å². The molecule has 4 nitrogen and oxygen atoms in total. The summed E-state index contributed by atoms with van der Waals surface area (Å²) < 4.78 is 5.50. The summed E-state index contributed by atoms with van der Waals surface area (Å²) in [4.78, 5) is 3.98. The van der Waals surface area contributed by atoms with Crippen molar-refractivity contribution in [3.63, 3.8) is 0 Å². The maximum Gasteiger partial charge on any atom is 0.190 e. The quantitative estimate of drug-likeness (QED) is 0.370. The van der Waals surface area contributed by atoms with Gasteiger partial charge in [-0.2, -0.15) is 0 Å². The van der Waals surface area contributed by atoms with E-state index in [9.17, 15) is 0 Å². The first-order valence-electron chi connectivity index (χ1n) is 5.03. The molecule has 0 aliphatic heterocycles. The first-order chi connectivity index (χ1) is 7.76. The molecule has 96 valence electrons. The zero-order valence-electron chi connectivity index (χ0n) is 9.87. The molecule has 0 saturated carbocycles. The number of aliphatic imine (C=N–C) groups is 1. The van der Waals surface area contributed by atoms with Gasteiger partial charge in [-0.15, -0.1) is 24.0 Å². The Balaban J connectivity index is 0.00000256. The second-order valence-electron chi connectivity index (χ2n) is 3.05. The van der Waals surface area contributed by atoms with Gasteiger partial charge in [0.1, 0.15) is 12.4 Å². The number of nitrogens with one attached hydrogen (secondary N) is 2. The van der Waals surface area contributed by atoms with Crippen LogP contribution in [0.4, 0.5) is 0 Å². The van der Waals surface area contributed by atoms with Crippen LogP contribution in [0.5, 0.6) is 5.75 Å². The Hall–Kier alpha value is -0.690. The summed E-state index contributed by atoms with van der Waals surface area (Å²) in [6, 6.07) is 7.29. The van der Waals surface area contributed by atoms with Crippen molar-refractivity contribution in [3.05, 3.63) is 29.3 Å². The average Bonchev–Trinajstić information content (AvgIpc) is 2.32. The van der Waals surface area contributed by atoms with Gasteiger partial charge in [-0.1, -0.05) is 11.6 Å². The van der Waals surface area contributed by atoms with Crippen LogP contribution in [0.25, 0.3) is 0 Å². The van der Waals surface area contributed by atoms with Gasteiger partial charge in [0.25, 0.3) is 0 Å². The lowest BCUT2D eigenvalue weighted by molar-refractivity contribution is 0.322. The molecular weight excluding hydrogens is 352 g/mol. The molecule has 2 N–H and O–H groups in total. The van der Waals surface area contributed by atoms with Crippen LogP contribution < -0.4 is 15.4 Å². The molecule has 0 aliphatic rings. The molecule has 0 unspecified atom stereocenters. The standard InChI is InChI=1S/C11H16ClN3O.HI/c1-13-11(14-2)15-7-8-16-10-5-3-9(12)4-6-10;/h3-6H,7-8H2,1-2H3,(H2,13,14,15);1H. The molecule has 0 aromatic heterocycles. The molecular formula is C11H17ClIN3O. The van der Waals surface area contributed by atoms with Crippen LogP contribution >= 0.6 is 35.6 Å². The van der Waals surface area contributed by atoms with E-state index in [-0.39, 0.29) is 24.0 Å². The Labute approximate surface area is 124 Å². The third kappa shape index (κ3) is 6.58. The number of hydrogen-bond donors (Lipinski definition) is 2. The molecule has 0 bridgehead atoms. The van der Waals surface area contributed by atoms with Gasteiger partial charge in [-0.05, 0) is 24.3 Å². The number of rotatable bonds is 4. The minimum Gasteiger partial charge on any atom is -0.492 e. The maximum atomic E-state index is 5.76. The molecule has 1 aromatic carbocycles. The number of nitrogens with zero attached hydrogens (tertiary/aromatic N) is 1. The first kappa shape index (κ1) is 16.3. The number of halogens is 2. The number of hydrogen-bond acceptors (Lipinski definition) is 2. The molecule has 0 heterocycles. The van der Waals surface area contributed by atoms with Gasteiger partial charge >= 0.3 is 0 Å². The Morgan fingerprint density at radius 3 is 2.53 bits per heavy atom. The fourth-order valence-electron chi connectivity index (χ4n) is 1.15. The second kappa shape index (κ2) is 9.35. The highest BCUT2D eigenvalue weighted by atomic mass is 127.